The maximum atomic E-state index is 12.3. The van der Waals surface area contributed by atoms with E-state index in [0.29, 0.717) is 11.2 Å². The number of hydrogen-bond acceptors (Lipinski definition) is 4. The lowest BCUT2D eigenvalue weighted by molar-refractivity contribution is 0.365. The minimum atomic E-state index is -0.487. The van der Waals surface area contributed by atoms with Gasteiger partial charge < -0.3 is 9.88 Å². The summed E-state index contributed by atoms with van der Waals surface area (Å²) < 4.78 is 2.96. The Kier molecular flexibility index (Phi) is 2.94. The van der Waals surface area contributed by atoms with Crippen LogP contribution < -0.4 is 16.4 Å². The molecule has 0 aliphatic carbocycles. The third kappa shape index (κ3) is 1.88. The summed E-state index contributed by atoms with van der Waals surface area (Å²) in [5.41, 5.74) is 0.340. The van der Waals surface area contributed by atoms with Gasteiger partial charge in [-0.05, 0) is 38.1 Å². The fourth-order valence-corrected chi connectivity index (χ4v) is 2.69. The van der Waals surface area contributed by atoms with Crippen LogP contribution in [-0.2, 0) is 7.05 Å². The molecule has 0 atom stereocenters. The van der Waals surface area contributed by atoms with Crippen LogP contribution in [0.2, 0.25) is 0 Å². The molecule has 3 rings (SSSR count). The summed E-state index contributed by atoms with van der Waals surface area (Å²) in [7, 11) is 1.61. The van der Waals surface area contributed by atoms with Crippen LogP contribution in [0.1, 0.15) is 18.9 Å². The summed E-state index contributed by atoms with van der Waals surface area (Å²) in [5.74, 6) is 0. The maximum Gasteiger partial charge on any atom is 0.318 e. The summed E-state index contributed by atoms with van der Waals surface area (Å²) in [4.78, 5) is 28.6. The Morgan fingerprint density at radius 2 is 2.00 bits per heavy atom. The van der Waals surface area contributed by atoms with E-state index in [4.69, 9.17) is 0 Å². The van der Waals surface area contributed by atoms with E-state index in [9.17, 15) is 9.59 Å². The molecule has 0 saturated carbocycles. The van der Waals surface area contributed by atoms with E-state index in [0.717, 1.165) is 25.9 Å². The summed E-state index contributed by atoms with van der Waals surface area (Å²) in [6.07, 6.45) is 3.35. The number of aromatic nitrogens is 3. The van der Waals surface area contributed by atoms with Gasteiger partial charge in [-0.1, -0.05) is 0 Å². The van der Waals surface area contributed by atoms with Gasteiger partial charge in [-0.15, -0.1) is 0 Å². The predicted molar refractivity (Wildman–Crippen MR) is 72.4 cm³/mol. The Labute approximate surface area is 109 Å². The van der Waals surface area contributed by atoms with Crippen LogP contribution in [0.4, 0.5) is 0 Å². The first-order chi connectivity index (χ1) is 9.20. The highest BCUT2D eigenvalue weighted by Gasteiger charge is 2.21. The Bertz CT molecular complexity index is 725. The van der Waals surface area contributed by atoms with Crippen LogP contribution in [0.25, 0.3) is 11.2 Å². The van der Waals surface area contributed by atoms with Gasteiger partial charge in [0.25, 0.3) is 0 Å². The molecular formula is C13H16N4O2. The zero-order valence-corrected chi connectivity index (χ0v) is 10.8. The van der Waals surface area contributed by atoms with Crippen LogP contribution in [-0.4, -0.2) is 27.2 Å². The highest BCUT2D eigenvalue weighted by atomic mass is 16.2. The predicted octanol–water partition coefficient (Wildman–Crippen LogP) is 0.0197. The summed E-state index contributed by atoms with van der Waals surface area (Å²) in [6, 6.07) is 3.65. The summed E-state index contributed by atoms with van der Waals surface area (Å²) in [6.45, 7) is 1.72. The number of piperidine rings is 1. The van der Waals surface area contributed by atoms with Crippen LogP contribution in [0.3, 0.4) is 0 Å². The molecule has 1 fully saturated rings. The molecule has 0 spiro atoms. The minimum Gasteiger partial charge on any atom is -0.317 e. The molecule has 0 aromatic carbocycles. The Morgan fingerprint density at radius 1 is 1.26 bits per heavy atom. The lowest BCUT2D eigenvalue weighted by Crippen LogP contribution is -2.44. The summed E-state index contributed by atoms with van der Waals surface area (Å²) >= 11 is 0. The van der Waals surface area contributed by atoms with E-state index in [1.165, 1.54) is 4.57 Å². The molecule has 1 aliphatic heterocycles. The second-order valence-electron chi connectivity index (χ2n) is 4.87. The fraction of sp³-hybridized carbons (Fsp3) is 0.462. The molecule has 0 radical (unpaired) electrons. The van der Waals surface area contributed by atoms with Gasteiger partial charge in [0.15, 0.2) is 5.65 Å². The molecule has 19 heavy (non-hydrogen) atoms. The first-order valence-electron chi connectivity index (χ1n) is 6.47. The van der Waals surface area contributed by atoms with Gasteiger partial charge in [0, 0.05) is 19.3 Å². The molecule has 6 nitrogen and oxygen atoms in total. The fourth-order valence-electron chi connectivity index (χ4n) is 2.69. The zero-order chi connectivity index (χ0) is 13.4. The van der Waals surface area contributed by atoms with Crippen molar-refractivity contribution < 1.29 is 0 Å². The number of nitrogens with zero attached hydrogens (tertiary/aromatic N) is 3. The molecule has 3 heterocycles. The van der Waals surface area contributed by atoms with Crippen LogP contribution in [0, 0.1) is 0 Å². The Morgan fingerprint density at radius 3 is 2.74 bits per heavy atom. The Hall–Kier alpha value is -1.95. The molecular weight excluding hydrogens is 244 g/mol. The number of nitrogens with one attached hydrogen (secondary N) is 1. The average molecular weight is 260 g/mol. The van der Waals surface area contributed by atoms with Gasteiger partial charge in [0.05, 0.1) is 5.52 Å². The van der Waals surface area contributed by atoms with E-state index in [2.05, 4.69) is 10.3 Å². The van der Waals surface area contributed by atoms with Crippen molar-refractivity contribution in [2.75, 3.05) is 13.1 Å². The van der Waals surface area contributed by atoms with E-state index < -0.39 is 11.1 Å². The number of pyridine rings is 1. The van der Waals surface area contributed by atoms with Gasteiger partial charge >= 0.3 is 11.1 Å². The quantitative estimate of drug-likeness (QED) is 0.734. The number of hydrogen-bond donors (Lipinski definition) is 1. The lowest BCUT2D eigenvalue weighted by atomic mass is 10.1. The topological polar surface area (TPSA) is 68.9 Å². The van der Waals surface area contributed by atoms with Crippen LogP contribution in [0.5, 0.6) is 0 Å². The van der Waals surface area contributed by atoms with Crippen molar-refractivity contribution in [2.45, 2.75) is 18.9 Å². The molecule has 1 N–H and O–H groups in total. The SMILES string of the molecule is Cn1c(=O)c(=O)n(C2CCNCC2)c2ncccc21. The highest BCUT2D eigenvalue weighted by Crippen LogP contribution is 2.19. The normalized spacial score (nSPS) is 16.9. The number of aryl methyl sites for hydroxylation is 1. The first kappa shape index (κ1) is 12.1. The molecule has 0 amide bonds. The van der Waals surface area contributed by atoms with Gasteiger partial charge in [-0.25, -0.2) is 4.98 Å². The van der Waals surface area contributed by atoms with Crippen molar-refractivity contribution >= 4 is 11.2 Å². The molecule has 0 bridgehead atoms. The number of rotatable bonds is 1. The van der Waals surface area contributed by atoms with E-state index >= 15 is 0 Å². The van der Waals surface area contributed by atoms with Crippen LogP contribution in [0.15, 0.2) is 27.9 Å². The van der Waals surface area contributed by atoms with E-state index in [1.54, 1.807) is 23.9 Å². The highest BCUT2D eigenvalue weighted by molar-refractivity contribution is 5.70. The van der Waals surface area contributed by atoms with Crippen molar-refractivity contribution in [1.29, 1.82) is 0 Å². The third-order valence-electron chi connectivity index (χ3n) is 3.74. The molecule has 2 aromatic rings. The molecule has 0 unspecified atom stereocenters. The van der Waals surface area contributed by atoms with Gasteiger partial charge in [-0.3, -0.25) is 14.2 Å². The van der Waals surface area contributed by atoms with Crippen molar-refractivity contribution in [3.8, 4) is 0 Å². The average Bonchev–Trinajstić information content (AvgIpc) is 2.46. The van der Waals surface area contributed by atoms with Crippen molar-refractivity contribution in [3.63, 3.8) is 0 Å². The standard InChI is InChI=1S/C13H16N4O2/c1-16-10-3-2-6-15-11(10)17(13(19)12(16)18)9-4-7-14-8-5-9/h2-3,6,9,14H,4-5,7-8H2,1H3. The van der Waals surface area contributed by atoms with Crippen LogP contribution >= 0.6 is 0 Å². The van der Waals surface area contributed by atoms with E-state index in [1.807, 2.05) is 6.07 Å². The second kappa shape index (κ2) is 4.62. The minimum absolute atomic E-state index is 0.0556. The maximum absolute atomic E-state index is 12.3. The summed E-state index contributed by atoms with van der Waals surface area (Å²) in [5, 5.41) is 3.26. The van der Waals surface area contributed by atoms with Crippen molar-refractivity contribution in [1.82, 2.24) is 19.4 Å². The number of fused-ring (bicyclic) bond motifs is 1. The first-order valence-corrected chi connectivity index (χ1v) is 6.47. The van der Waals surface area contributed by atoms with E-state index in [-0.39, 0.29) is 6.04 Å². The third-order valence-corrected chi connectivity index (χ3v) is 3.74. The van der Waals surface area contributed by atoms with Gasteiger partial charge in [0.1, 0.15) is 0 Å². The van der Waals surface area contributed by atoms with Gasteiger partial charge in [0.2, 0.25) is 0 Å². The van der Waals surface area contributed by atoms with Gasteiger partial charge in [-0.2, -0.15) is 0 Å². The zero-order valence-electron chi connectivity index (χ0n) is 10.8. The molecule has 1 aliphatic rings. The largest absolute Gasteiger partial charge is 0.318 e. The molecule has 2 aromatic heterocycles. The Balaban J connectivity index is 2.34. The van der Waals surface area contributed by atoms with Crippen molar-refractivity contribution in [3.05, 3.63) is 39.0 Å². The smallest absolute Gasteiger partial charge is 0.317 e. The molecule has 6 heteroatoms. The lowest BCUT2D eigenvalue weighted by Gasteiger charge is -2.25. The monoisotopic (exact) mass is 260 g/mol. The molecule has 1 saturated heterocycles. The molecule has 100 valence electrons. The van der Waals surface area contributed by atoms with Crippen molar-refractivity contribution in [2.24, 2.45) is 7.05 Å². The second-order valence-corrected chi connectivity index (χ2v) is 4.87.